The highest BCUT2D eigenvalue weighted by Crippen LogP contribution is 2.30. The van der Waals surface area contributed by atoms with E-state index in [0.29, 0.717) is 16.3 Å². The average Bonchev–Trinajstić information content (AvgIpc) is 2.91. The quantitative estimate of drug-likeness (QED) is 0.338. The third-order valence-electron chi connectivity index (χ3n) is 6.44. The van der Waals surface area contributed by atoms with Crippen LogP contribution in [-0.4, -0.2) is 50.9 Å². The van der Waals surface area contributed by atoms with Gasteiger partial charge in [0.15, 0.2) is 0 Å². The molecule has 0 saturated heterocycles. The first kappa shape index (κ1) is 31.0. The molecule has 8 nitrogen and oxygen atoms in total. The van der Waals surface area contributed by atoms with Gasteiger partial charge in [-0.3, -0.25) is 13.9 Å². The van der Waals surface area contributed by atoms with Gasteiger partial charge >= 0.3 is 0 Å². The number of amides is 2. The van der Waals surface area contributed by atoms with E-state index in [2.05, 4.69) is 5.32 Å². The molecule has 0 spiro atoms. The number of nitrogens with zero attached hydrogens (tertiary/aromatic N) is 2. The number of nitrogens with one attached hydrogen (secondary N) is 1. The van der Waals surface area contributed by atoms with Crippen molar-refractivity contribution in [3.05, 3.63) is 88.4 Å². The highest BCUT2D eigenvalue weighted by molar-refractivity contribution is 7.92. The molecule has 10 heteroatoms. The Kier molecular flexibility index (Phi) is 10.2. The summed E-state index contributed by atoms with van der Waals surface area (Å²) in [5, 5.41) is 3.17. The van der Waals surface area contributed by atoms with Crippen LogP contribution in [0, 0.1) is 13.8 Å². The van der Waals surface area contributed by atoms with Crippen LogP contribution in [0.4, 0.5) is 5.69 Å². The number of methoxy groups -OCH3 is 1. The monoisotopic (exact) mass is 585 g/mol. The molecule has 3 rings (SSSR count). The Morgan fingerprint density at radius 1 is 0.950 bits per heavy atom. The van der Waals surface area contributed by atoms with Crippen molar-refractivity contribution in [2.45, 2.75) is 58.1 Å². The molecule has 0 bridgehead atoms. The third kappa shape index (κ3) is 7.55. The van der Waals surface area contributed by atoms with Crippen molar-refractivity contribution in [2.24, 2.45) is 0 Å². The Balaban J connectivity index is 2.06. The van der Waals surface area contributed by atoms with Gasteiger partial charge in [-0.25, -0.2) is 8.42 Å². The van der Waals surface area contributed by atoms with Gasteiger partial charge in [0, 0.05) is 17.6 Å². The van der Waals surface area contributed by atoms with E-state index in [4.69, 9.17) is 16.3 Å². The molecule has 3 aromatic rings. The molecule has 0 saturated carbocycles. The summed E-state index contributed by atoms with van der Waals surface area (Å²) in [6.07, 6.45) is 0. The Labute approximate surface area is 241 Å². The lowest BCUT2D eigenvalue weighted by Crippen LogP contribution is -2.52. The summed E-state index contributed by atoms with van der Waals surface area (Å²) < 4.78 is 34.2. The van der Waals surface area contributed by atoms with Gasteiger partial charge in [0.2, 0.25) is 11.8 Å². The molecule has 0 heterocycles. The van der Waals surface area contributed by atoms with Crippen LogP contribution in [-0.2, 0) is 26.2 Å². The van der Waals surface area contributed by atoms with Crippen molar-refractivity contribution in [1.82, 2.24) is 10.2 Å². The number of aryl methyl sites for hydroxylation is 2. The Hall–Kier alpha value is -3.56. The maximum absolute atomic E-state index is 14.0. The largest absolute Gasteiger partial charge is 0.497 e. The second-order valence-corrected chi connectivity index (χ2v) is 12.3. The lowest BCUT2D eigenvalue weighted by atomic mass is 10.1. The predicted molar refractivity (Wildman–Crippen MR) is 158 cm³/mol. The molecule has 2 amide bonds. The zero-order chi connectivity index (χ0) is 29.6. The van der Waals surface area contributed by atoms with Crippen LogP contribution in [0.15, 0.2) is 71.6 Å². The predicted octanol–water partition coefficient (Wildman–Crippen LogP) is 5.10. The highest BCUT2D eigenvalue weighted by atomic mass is 35.5. The van der Waals surface area contributed by atoms with E-state index in [-0.39, 0.29) is 29.1 Å². The van der Waals surface area contributed by atoms with Crippen molar-refractivity contribution in [2.75, 3.05) is 18.0 Å². The highest BCUT2D eigenvalue weighted by Gasteiger charge is 2.33. The zero-order valence-electron chi connectivity index (χ0n) is 23.6. The van der Waals surface area contributed by atoms with Crippen LogP contribution >= 0.6 is 11.6 Å². The summed E-state index contributed by atoms with van der Waals surface area (Å²) in [7, 11) is -2.62. The fourth-order valence-electron chi connectivity index (χ4n) is 4.12. The normalized spacial score (nSPS) is 12.1. The van der Waals surface area contributed by atoms with E-state index >= 15 is 0 Å². The van der Waals surface area contributed by atoms with Crippen LogP contribution in [0.5, 0.6) is 5.75 Å². The number of ether oxygens (including phenoxy) is 1. The minimum atomic E-state index is -4.18. The summed E-state index contributed by atoms with van der Waals surface area (Å²) >= 11 is 6.27. The number of benzene rings is 3. The molecular formula is C30H36ClN3O5S. The Bertz CT molecular complexity index is 1440. The molecule has 1 unspecified atom stereocenters. The minimum Gasteiger partial charge on any atom is -0.497 e. The summed E-state index contributed by atoms with van der Waals surface area (Å²) in [5.41, 5.74) is 2.56. The minimum absolute atomic E-state index is 0.0394. The molecule has 0 radical (unpaired) electrons. The molecule has 0 fully saturated rings. The van der Waals surface area contributed by atoms with Crippen molar-refractivity contribution in [3.63, 3.8) is 0 Å². The van der Waals surface area contributed by atoms with E-state index in [0.717, 1.165) is 15.4 Å². The first-order valence-electron chi connectivity index (χ1n) is 12.9. The van der Waals surface area contributed by atoms with Crippen LogP contribution in [0.1, 0.15) is 37.5 Å². The summed E-state index contributed by atoms with van der Waals surface area (Å²) in [4.78, 5) is 28.4. The molecule has 0 aliphatic carbocycles. The van der Waals surface area contributed by atoms with Gasteiger partial charge in [0.25, 0.3) is 10.0 Å². The van der Waals surface area contributed by atoms with E-state index in [1.807, 2.05) is 20.8 Å². The number of halogens is 1. The van der Waals surface area contributed by atoms with Crippen molar-refractivity contribution in [3.8, 4) is 5.75 Å². The van der Waals surface area contributed by atoms with E-state index < -0.39 is 28.5 Å². The zero-order valence-corrected chi connectivity index (χ0v) is 25.2. The first-order valence-corrected chi connectivity index (χ1v) is 14.7. The average molecular weight is 586 g/mol. The standard InChI is InChI=1S/C30H36ClN3O5S/c1-20(2)32-30(36)23(5)33(18-24-10-13-26(39-6)14-11-24)29(35)19-34(28-17-25(31)12-9-22(28)4)40(37,38)27-15-7-21(3)8-16-27/h7-17,20,23H,18-19H2,1-6H3,(H,32,36). The number of carbonyl (C=O) groups excluding carboxylic acids is 2. The molecule has 0 aliphatic rings. The van der Waals surface area contributed by atoms with Crippen LogP contribution < -0.4 is 14.4 Å². The van der Waals surface area contributed by atoms with Gasteiger partial charge in [-0.2, -0.15) is 0 Å². The molecule has 3 aromatic carbocycles. The van der Waals surface area contributed by atoms with Crippen LogP contribution in [0.25, 0.3) is 0 Å². The fraction of sp³-hybridized carbons (Fsp3) is 0.333. The second kappa shape index (κ2) is 13.2. The maximum atomic E-state index is 14.0. The topological polar surface area (TPSA) is 96.0 Å². The number of sulfonamides is 1. The second-order valence-electron chi connectivity index (χ2n) is 9.96. The summed E-state index contributed by atoms with van der Waals surface area (Å²) in [5.74, 6) is -0.236. The van der Waals surface area contributed by atoms with Crippen molar-refractivity contribution >= 4 is 39.1 Å². The van der Waals surface area contributed by atoms with Crippen molar-refractivity contribution < 1.29 is 22.7 Å². The first-order chi connectivity index (χ1) is 18.8. The van der Waals surface area contributed by atoms with E-state index in [1.165, 1.54) is 23.1 Å². The Morgan fingerprint density at radius 2 is 1.57 bits per heavy atom. The van der Waals surface area contributed by atoms with E-state index in [1.54, 1.807) is 69.5 Å². The number of carbonyl (C=O) groups is 2. The lowest BCUT2D eigenvalue weighted by molar-refractivity contribution is -0.139. The summed E-state index contributed by atoms with van der Waals surface area (Å²) in [6.45, 7) is 8.45. The van der Waals surface area contributed by atoms with Crippen molar-refractivity contribution in [1.29, 1.82) is 0 Å². The summed E-state index contributed by atoms with van der Waals surface area (Å²) in [6, 6.07) is 17.4. The van der Waals surface area contributed by atoms with Gasteiger partial charge in [0.05, 0.1) is 17.7 Å². The van der Waals surface area contributed by atoms with Gasteiger partial charge < -0.3 is 15.0 Å². The molecular weight excluding hydrogens is 550 g/mol. The number of rotatable bonds is 11. The van der Waals surface area contributed by atoms with Gasteiger partial charge in [-0.15, -0.1) is 0 Å². The maximum Gasteiger partial charge on any atom is 0.264 e. The van der Waals surface area contributed by atoms with Gasteiger partial charge in [-0.05, 0) is 82.1 Å². The fourth-order valence-corrected chi connectivity index (χ4v) is 5.75. The van der Waals surface area contributed by atoms with Gasteiger partial charge in [-0.1, -0.05) is 47.5 Å². The molecule has 214 valence electrons. The number of hydrogen-bond donors (Lipinski definition) is 1. The SMILES string of the molecule is COc1ccc(CN(C(=O)CN(c2cc(Cl)ccc2C)S(=O)(=O)c2ccc(C)cc2)C(C)C(=O)NC(C)C)cc1. The lowest BCUT2D eigenvalue weighted by Gasteiger charge is -2.32. The molecule has 0 aromatic heterocycles. The Morgan fingerprint density at radius 3 is 2.15 bits per heavy atom. The molecule has 1 atom stereocenters. The van der Waals surface area contributed by atoms with Crippen LogP contribution in [0.2, 0.25) is 5.02 Å². The van der Waals surface area contributed by atoms with E-state index in [9.17, 15) is 18.0 Å². The van der Waals surface area contributed by atoms with Crippen LogP contribution in [0.3, 0.4) is 0 Å². The molecule has 0 aliphatic heterocycles. The van der Waals surface area contributed by atoms with Gasteiger partial charge in [0.1, 0.15) is 18.3 Å². The smallest absolute Gasteiger partial charge is 0.264 e. The number of anilines is 1. The number of hydrogen-bond acceptors (Lipinski definition) is 5. The molecule has 1 N–H and O–H groups in total. The molecule has 40 heavy (non-hydrogen) atoms. The third-order valence-corrected chi connectivity index (χ3v) is 8.45.